The van der Waals surface area contributed by atoms with Crippen LogP contribution >= 0.6 is 11.6 Å². The molecule has 0 unspecified atom stereocenters. The van der Waals surface area contributed by atoms with E-state index in [0.717, 1.165) is 5.56 Å². The van der Waals surface area contributed by atoms with Gasteiger partial charge in [0.05, 0.1) is 5.02 Å². The molecule has 0 aliphatic rings. The fourth-order valence-electron chi connectivity index (χ4n) is 0.623. The molecule has 3 heteroatoms. The first-order valence-electron chi connectivity index (χ1n) is 2.97. The Kier molecular flexibility index (Phi) is 5.52. The van der Waals surface area contributed by atoms with Gasteiger partial charge >= 0.3 is 25.3 Å². The third-order valence-corrected chi connectivity index (χ3v) is 1.42. The van der Waals surface area contributed by atoms with Gasteiger partial charge in [0.1, 0.15) is 5.75 Å². The molecule has 0 bridgehead atoms. The molecule has 0 aliphatic heterocycles. The van der Waals surface area contributed by atoms with Crippen molar-refractivity contribution < 1.29 is 25.7 Å². The Hall–Kier alpha value is -0.0797. The van der Waals surface area contributed by atoms with Crippen LogP contribution in [0.25, 0.3) is 0 Å². The molecule has 0 heterocycles. The molecule has 1 N–H and O–H groups in total. The summed E-state index contributed by atoms with van der Waals surface area (Å²) < 4.78 is 3.36. The van der Waals surface area contributed by atoms with E-state index in [2.05, 4.69) is 4.73 Å². The number of phenols is 1. The summed E-state index contributed by atoms with van der Waals surface area (Å²) in [5, 5.41) is 9.37. The van der Waals surface area contributed by atoms with Crippen molar-refractivity contribution in [2.75, 3.05) is 0 Å². The first-order valence-corrected chi connectivity index (χ1v) is 5.62. The van der Waals surface area contributed by atoms with Crippen molar-refractivity contribution in [2.24, 2.45) is 0 Å². The van der Waals surface area contributed by atoms with Crippen molar-refractivity contribution in [1.29, 1.82) is 0 Å². The van der Waals surface area contributed by atoms with Crippen molar-refractivity contribution in [1.82, 2.24) is 0 Å². The first-order chi connectivity index (χ1) is 5.20. The molecule has 0 amide bonds. The summed E-state index contributed by atoms with van der Waals surface area (Å²) >= 11 is 6.73. The van der Waals surface area contributed by atoms with Crippen LogP contribution in [0.5, 0.6) is 5.75 Å². The molecule has 11 heavy (non-hydrogen) atoms. The zero-order valence-electron chi connectivity index (χ0n) is 6.21. The molecule has 0 spiro atoms. The van der Waals surface area contributed by atoms with Gasteiger partial charge in [-0.25, -0.2) is 0 Å². The topological polar surface area (TPSA) is 20.2 Å². The molecule has 0 saturated heterocycles. The predicted molar refractivity (Wildman–Crippen MR) is 45.0 cm³/mol. The number of benzene rings is 1. The van der Waals surface area contributed by atoms with Crippen LogP contribution in [0.4, 0.5) is 0 Å². The van der Waals surface area contributed by atoms with E-state index in [1.54, 1.807) is 12.1 Å². The maximum atomic E-state index is 8.97. The summed E-state index contributed by atoms with van der Waals surface area (Å²) in [4.78, 5) is 0. The molecule has 1 rings (SSSR count). The fraction of sp³-hybridized carbons (Fsp3) is 0.125. The number of aromatic hydroxyl groups is 1. The normalized spacial score (nSPS) is 8.09. The van der Waals surface area contributed by atoms with E-state index in [-0.39, 0.29) is 5.75 Å². The van der Waals surface area contributed by atoms with E-state index < -0.39 is 0 Å². The molecule has 1 aromatic carbocycles. The van der Waals surface area contributed by atoms with Crippen LogP contribution in [-0.4, -0.2) is 9.84 Å². The molecule has 0 aliphatic carbocycles. The average Bonchev–Trinajstić information content (AvgIpc) is 2.02. The summed E-state index contributed by atoms with van der Waals surface area (Å²) in [6, 6.07) is 5.15. The summed E-state index contributed by atoms with van der Waals surface area (Å²) in [7, 11) is 0. The number of phenolic OH excluding ortho intramolecular Hbond substituents is 1. The number of halogens is 1. The number of hydrogen-bond donors (Lipinski definition) is 1. The van der Waals surface area contributed by atoms with Gasteiger partial charge in [0, 0.05) is 0 Å². The molecular formula is C8H9ClOTa. The Bertz CT molecular complexity index is 238. The summed E-state index contributed by atoms with van der Waals surface area (Å²) in [5.41, 5.74) is 1.01. The minimum absolute atomic E-state index is 0.150. The van der Waals surface area contributed by atoms with E-state index >= 15 is 0 Å². The second-order valence-electron chi connectivity index (χ2n) is 1.95. The molecule has 0 saturated carbocycles. The second kappa shape index (κ2) is 5.56. The SMILES string of the molecule is Cc1ccc(Cl)c(O)c1.[CH2]=[Ta]. The van der Waals surface area contributed by atoms with Gasteiger partial charge in [-0.1, -0.05) is 17.7 Å². The minimum atomic E-state index is 0.150. The van der Waals surface area contributed by atoms with Crippen LogP contribution in [0.3, 0.4) is 0 Å². The number of rotatable bonds is 0. The van der Waals surface area contributed by atoms with Gasteiger partial charge in [-0.05, 0) is 24.6 Å². The van der Waals surface area contributed by atoms with Crippen molar-refractivity contribution in [2.45, 2.75) is 6.92 Å². The summed E-state index contributed by atoms with van der Waals surface area (Å²) in [6.45, 7) is 1.90. The Morgan fingerprint density at radius 3 is 2.36 bits per heavy atom. The molecule has 0 fully saturated rings. The van der Waals surface area contributed by atoms with Gasteiger partial charge in [-0.15, -0.1) is 0 Å². The van der Waals surface area contributed by atoms with E-state index in [1.165, 1.54) is 20.6 Å². The third kappa shape index (κ3) is 3.73. The van der Waals surface area contributed by atoms with Crippen molar-refractivity contribution in [3.05, 3.63) is 28.8 Å². The Morgan fingerprint density at radius 1 is 1.45 bits per heavy atom. The third-order valence-electron chi connectivity index (χ3n) is 1.10. The van der Waals surface area contributed by atoms with Gasteiger partial charge in [0.2, 0.25) is 0 Å². The van der Waals surface area contributed by atoms with Gasteiger partial charge in [-0.2, -0.15) is 0 Å². The Morgan fingerprint density at radius 2 is 2.00 bits per heavy atom. The van der Waals surface area contributed by atoms with Crippen molar-refractivity contribution in [3.63, 3.8) is 0 Å². The van der Waals surface area contributed by atoms with Crippen LogP contribution in [-0.2, 0) is 20.6 Å². The van der Waals surface area contributed by atoms with Crippen molar-refractivity contribution in [3.8, 4) is 5.75 Å². The van der Waals surface area contributed by atoms with Gasteiger partial charge in [0.15, 0.2) is 0 Å². The first kappa shape index (κ1) is 10.9. The quantitative estimate of drug-likeness (QED) is 0.770. The van der Waals surface area contributed by atoms with Crippen molar-refractivity contribution >= 4 is 16.3 Å². The van der Waals surface area contributed by atoms with Crippen LogP contribution in [0.1, 0.15) is 5.56 Å². The molecule has 0 atom stereocenters. The summed E-state index contributed by atoms with van der Waals surface area (Å²) in [5.74, 6) is 0.150. The Labute approximate surface area is 83.4 Å². The maximum absolute atomic E-state index is 8.97. The molecule has 0 radical (unpaired) electrons. The molecule has 1 aromatic rings. The molecular weight excluding hydrogens is 328 g/mol. The van der Waals surface area contributed by atoms with Gasteiger partial charge < -0.3 is 5.11 Å². The molecule has 59 valence electrons. The van der Waals surface area contributed by atoms with Gasteiger partial charge in [0.25, 0.3) is 0 Å². The van der Waals surface area contributed by atoms with Crippen LogP contribution < -0.4 is 0 Å². The van der Waals surface area contributed by atoms with E-state index in [0.29, 0.717) is 5.02 Å². The summed E-state index contributed by atoms with van der Waals surface area (Å²) in [6.07, 6.45) is 0. The van der Waals surface area contributed by atoms with Crippen LogP contribution in [0.15, 0.2) is 18.2 Å². The zero-order valence-corrected chi connectivity index (χ0v) is 10.2. The standard InChI is InChI=1S/C7H7ClO.CH2.Ta/c1-5-2-3-6(8)7(9)4-5;;/h2-4,9H,1H3;1H2;. The fourth-order valence-corrected chi connectivity index (χ4v) is 0.740. The molecule has 0 aromatic heterocycles. The van der Waals surface area contributed by atoms with Gasteiger partial charge in [-0.3, -0.25) is 0 Å². The van der Waals surface area contributed by atoms with Crippen LogP contribution in [0.2, 0.25) is 5.02 Å². The average molecular weight is 338 g/mol. The molecule has 1 nitrogen and oxygen atoms in total. The second-order valence-corrected chi connectivity index (χ2v) is 2.36. The monoisotopic (exact) mass is 337 g/mol. The number of hydrogen-bond acceptors (Lipinski definition) is 1. The number of aryl methyl sites for hydroxylation is 1. The van der Waals surface area contributed by atoms with E-state index in [1.807, 2.05) is 13.0 Å². The Balaban J connectivity index is 0.000000461. The van der Waals surface area contributed by atoms with E-state index in [4.69, 9.17) is 16.7 Å². The van der Waals surface area contributed by atoms with Crippen LogP contribution in [0, 0.1) is 6.92 Å². The zero-order chi connectivity index (χ0) is 8.85. The van der Waals surface area contributed by atoms with E-state index in [9.17, 15) is 0 Å². The predicted octanol–water partition coefficient (Wildman–Crippen LogP) is 2.32.